The van der Waals surface area contributed by atoms with E-state index >= 15 is 0 Å². The first-order chi connectivity index (χ1) is 14.5. The zero-order valence-electron chi connectivity index (χ0n) is 16.3. The van der Waals surface area contributed by atoms with Gasteiger partial charge >= 0.3 is 0 Å². The molecule has 1 fully saturated rings. The minimum Gasteiger partial charge on any atom is -0.488 e. The van der Waals surface area contributed by atoms with Gasteiger partial charge in [0.05, 0.1) is 10.0 Å². The predicted octanol–water partition coefficient (Wildman–Crippen LogP) is 3.93. The van der Waals surface area contributed by atoms with Gasteiger partial charge in [-0.1, -0.05) is 40.9 Å². The van der Waals surface area contributed by atoms with Crippen molar-refractivity contribution >= 4 is 34.8 Å². The Bertz CT molecular complexity index is 868. The number of β-amino-alcohol motifs (C(OH)–C–C–N with tert-alkyl or cyclic N) is 1. The Hall–Kier alpha value is -1.41. The molecule has 0 spiro atoms. The molecule has 2 aliphatic heterocycles. The average molecular weight is 474 g/mol. The summed E-state index contributed by atoms with van der Waals surface area (Å²) in [6.45, 7) is 5.41. The van der Waals surface area contributed by atoms with Crippen LogP contribution in [0.5, 0.6) is 17.2 Å². The maximum Gasteiger partial charge on any atom is 0.231 e. The molecule has 9 heteroatoms. The van der Waals surface area contributed by atoms with E-state index in [9.17, 15) is 5.11 Å². The van der Waals surface area contributed by atoms with Gasteiger partial charge in [-0.15, -0.1) is 0 Å². The van der Waals surface area contributed by atoms with Gasteiger partial charge in [0.2, 0.25) is 6.79 Å². The Morgan fingerprint density at radius 1 is 0.933 bits per heavy atom. The number of benzene rings is 2. The summed E-state index contributed by atoms with van der Waals surface area (Å²) in [6.07, 6.45) is -0.645. The Morgan fingerprint density at radius 2 is 1.60 bits per heavy atom. The number of ether oxygens (including phenoxy) is 3. The summed E-state index contributed by atoms with van der Waals surface area (Å²) in [4.78, 5) is 4.62. The van der Waals surface area contributed by atoms with Crippen molar-refractivity contribution in [2.24, 2.45) is 0 Å². The van der Waals surface area contributed by atoms with E-state index in [1.54, 1.807) is 12.1 Å². The van der Waals surface area contributed by atoms with Crippen molar-refractivity contribution in [1.29, 1.82) is 0 Å². The van der Waals surface area contributed by atoms with Gasteiger partial charge in [0.15, 0.2) is 17.2 Å². The second-order valence-electron chi connectivity index (χ2n) is 7.43. The molecule has 2 aromatic carbocycles. The van der Waals surface area contributed by atoms with Crippen LogP contribution >= 0.6 is 34.8 Å². The van der Waals surface area contributed by atoms with Crippen LogP contribution in [-0.4, -0.2) is 67.1 Å². The average Bonchev–Trinajstić information content (AvgIpc) is 3.16. The highest BCUT2D eigenvalue weighted by Gasteiger charge is 2.21. The highest BCUT2D eigenvalue weighted by molar-refractivity contribution is 6.40. The molecule has 4 rings (SSSR count). The summed E-state index contributed by atoms with van der Waals surface area (Å²) < 4.78 is 16.4. The normalized spacial score (nSPS) is 17.9. The summed E-state index contributed by atoms with van der Waals surface area (Å²) in [6, 6.07) is 9.21. The molecule has 6 nitrogen and oxygen atoms in total. The van der Waals surface area contributed by atoms with Crippen molar-refractivity contribution in [3.05, 3.63) is 51.0 Å². The SMILES string of the molecule is O[C@@H](COc1c(Cl)cc(Cl)cc1Cl)CN1CCN(Cc2ccc3c(c2)OCO3)CC1. The summed E-state index contributed by atoms with van der Waals surface area (Å²) in [5.41, 5.74) is 1.21. The molecule has 1 N–H and O–H groups in total. The third kappa shape index (κ3) is 5.44. The van der Waals surface area contributed by atoms with E-state index in [1.807, 2.05) is 12.1 Å². The molecule has 2 aromatic rings. The lowest BCUT2D eigenvalue weighted by atomic mass is 10.1. The molecule has 0 aromatic heterocycles. The van der Waals surface area contributed by atoms with Gasteiger partial charge in [0.25, 0.3) is 0 Å². The van der Waals surface area contributed by atoms with E-state index in [2.05, 4.69) is 15.9 Å². The van der Waals surface area contributed by atoms with Crippen LogP contribution < -0.4 is 14.2 Å². The third-order valence-electron chi connectivity index (χ3n) is 5.16. The molecule has 2 aliphatic rings. The predicted molar refractivity (Wildman–Crippen MR) is 117 cm³/mol. The number of aliphatic hydroxyl groups excluding tert-OH is 1. The second-order valence-corrected chi connectivity index (χ2v) is 8.68. The van der Waals surface area contributed by atoms with Crippen LogP contribution in [-0.2, 0) is 6.54 Å². The number of piperazine rings is 1. The van der Waals surface area contributed by atoms with Crippen LogP contribution in [0.2, 0.25) is 15.1 Å². The summed E-state index contributed by atoms with van der Waals surface area (Å²) in [7, 11) is 0. The minimum atomic E-state index is -0.645. The molecule has 0 unspecified atom stereocenters. The second kappa shape index (κ2) is 9.81. The number of fused-ring (bicyclic) bond motifs is 1. The topological polar surface area (TPSA) is 54.4 Å². The van der Waals surface area contributed by atoms with E-state index in [0.717, 1.165) is 44.2 Å². The number of nitrogens with zero attached hydrogens (tertiary/aromatic N) is 2. The number of hydrogen-bond donors (Lipinski definition) is 1. The van der Waals surface area contributed by atoms with Crippen molar-refractivity contribution in [3.63, 3.8) is 0 Å². The van der Waals surface area contributed by atoms with Crippen LogP contribution in [0.25, 0.3) is 0 Å². The van der Waals surface area contributed by atoms with Gasteiger partial charge in [-0.3, -0.25) is 9.80 Å². The zero-order chi connectivity index (χ0) is 21.1. The molecule has 0 amide bonds. The Balaban J connectivity index is 1.21. The van der Waals surface area contributed by atoms with E-state index in [0.29, 0.717) is 34.2 Å². The molecule has 1 saturated heterocycles. The van der Waals surface area contributed by atoms with Gasteiger partial charge in [0, 0.05) is 44.3 Å². The lowest BCUT2D eigenvalue weighted by Crippen LogP contribution is -2.48. The lowest BCUT2D eigenvalue weighted by Gasteiger charge is -2.35. The van der Waals surface area contributed by atoms with Crippen molar-refractivity contribution in [3.8, 4) is 17.2 Å². The van der Waals surface area contributed by atoms with E-state index in [-0.39, 0.29) is 6.61 Å². The van der Waals surface area contributed by atoms with E-state index in [4.69, 9.17) is 49.0 Å². The number of rotatable bonds is 7. The van der Waals surface area contributed by atoms with Crippen molar-refractivity contribution in [2.45, 2.75) is 12.6 Å². The molecule has 162 valence electrons. The first-order valence-electron chi connectivity index (χ1n) is 9.76. The molecule has 30 heavy (non-hydrogen) atoms. The highest BCUT2D eigenvalue weighted by Crippen LogP contribution is 2.36. The molecule has 0 aliphatic carbocycles. The maximum absolute atomic E-state index is 10.4. The van der Waals surface area contributed by atoms with Gasteiger partial charge < -0.3 is 19.3 Å². The smallest absolute Gasteiger partial charge is 0.231 e. The zero-order valence-corrected chi connectivity index (χ0v) is 18.6. The van der Waals surface area contributed by atoms with Crippen molar-refractivity contribution < 1.29 is 19.3 Å². The van der Waals surface area contributed by atoms with Crippen molar-refractivity contribution in [2.75, 3.05) is 46.1 Å². The molecule has 0 bridgehead atoms. The standard InChI is InChI=1S/C21H23Cl3N2O4/c22-15-8-17(23)21(18(24)9-15)28-12-16(27)11-26-5-3-25(4-6-26)10-14-1-2-19-20(7-14)30-13-29-19/h1-2,7-9,16,27H,3-6,10-13H2/t16-/m1/s1. The van der Waals surface area contributed by atoms with Gasteiger partial charge in [0.1, 0.15) is 12.7 Å². The first-order valence-corrected chi connectivity index (χ1v) is 10.9. The molecule has 0 radical (unpaired) electrons. The quantitative estimate of drug-likeness (QED) is 0.657. The van der Waals surface area contributed by atoms with Gasteiger partial charge in [-0.05, 0) is 29.8 Å². The summed E-state index contributed by atoms with van der Waals surface area (Å²) in [5, 5.41) is 11.5. The third-order valence-corrected chi connectivity index (χ3v) is 5.94. The van der Waals surface area contributed by atoms with E-state index in [1.165, 1.54) is 5.56 Å². The Labute approximate surface area is 190 Å². The minimum absolute atomic E-state index is 0.110. The maximum atomic E-state index is 10.4. The molecular weight excluding hydrogens is 451 g/mol. The van der Waals surface area contributed by atoms with Crippen LogP contribution in [0.1, 0.15) is 5.56 Å². The Morgan fingerprint density at radius 3 is 2.33 bits per heavy atom. The monoisotopic (exact) mass is 472 g/mol. The van der Waals surface area contributed by atoms with Gasteiger partial charge in [-0.25, -0.2) is 0 Å². The summed E-state index contributed by atoms with van der Waals surface area (Å²) in [5.74, 6) is 1.96. The number of halogens is 3. The largest absolute Gasteiger partial charge is 0.488 e. The van der Waals surface area contributed by atoms with Crippen LogP contribution in [0.4, 0.5) is 0 Å². The van der Waals surface area contributed by atoms with E-state index < -0.39 is 6.10 Å². The summed E-state index contributed by atoms with van der Waals surface area (Å²) >= 11 is 18.1. The van der Waals surface area contributed by atoms with Crippen LogP contribution in [0.15, 0.2) is 30.3 Å². The number of hydrogen-bond acceptors (Lipinski definition) is 6. The highest BCUT2D eigenvalue weighted by atomic mass is 35.5. The molecular formula is C21H23Cl3N2O4. The molecule has 1 atom stereocenters. The fourth-order valence-corrected chi connectivity index (χ4v) is 4.55. The molecule has 0 saturated carbocycles. The first kappa shape index (κ1) is 21.8. The lowest BCUT2D eigenvalue weighted by molar-refractivity contribution is 0.0446. The Kier molecular flexibility index (Phi) is 7.13. The van der Waals surface area contributed by atoms with Crippen LogP contribution in [0, 0.1) is 0 Å². The number of aliphatic hydroxyl groups is 1. The van der Waals surface area contributed by atoms with Gasteiger partial charge in [-0.2, -0.15) is 0 Å². The van der Waals surface area contributed by atoms with Crippen LogP contribution in [0.3, 0.4) is 0 Å². The molecule has 2 heterocycles. The van der Waals surface area contributed by atoms with Crippen molar-refractivity contribution in [1.82, 2.24) is 9.80 Å². The fraction of sp³-hybridized carbons (Fsp3) is 0.429. The fourth-order valence-electron chi connectivity index (χ4n) is 3.62.